The molecular weight excluding hydrogens is 228 g/mol. The number of benzene rings is 1. The summed E-state index contributed by atoms with van der Waals surface area (Å²) in [6, 6.07) is 7.47. The molecule has 0 saturated heterocycles. The maximum absolute atomic E-state index is 11.4. The SMILES string of the molecule is [CH2]COOC(=O)c1ccc(CCCCCC)cc1. The molecule has 0 bridgehead atoms. The molecular formula is C15H21O3. The van der Waals surface area contributed by atoms with Crippen molar-refractivity contribution in [2.24, 2.45) is 0 Å². The van der Waals surface area contributed by atoms with Crippen molar-refractivity contribution in [3.05, 3.63) is 42.3 Å². The van der Waals surface area contributed by atoms with Crippen molar-refractivity contribution < 1.29 is 14.6 Å². The molecule has 0 spiro atoms. The fourth-order valence-corrected chi connectivity index (χ4v) is 1.71. The van der Waals surface area contributed by atoms with E-state index in [0.717, 1.165) is 6.42 Å². The molecule has 0 aromatic heterocycles. The van der Waals surface area contributed by atoms with Gasteiger partial charge in [-0.05, 0) is 37.5 Å². The van der Waals surface area contributed by atoms with E-state index in [9.17, 15) is 4.79 Å². The predicted octanol–water partition coefficient (Wildman–Crippen LogP) is 3.73. The van der Waals surface area contributed by atoms with Crippen LogP contribution in [-0.2, 0) is 16.2 Å². The van der Waals surface area contributed by atoms with Gasteiger partial charge in [-0.2, -0.15) is 4.89 Å². The van der Waals surface area contributed by atoms with Crippen molar-refractivity contribution in [3.8, 4) is 0 Å². The average Bonchev–Trinajstić information content (AvgIpc) is 2.41. The van der Waals surface area contributed by atoms with Crippen LogP contribution in [0.1, 0.15) is 48.5 Å². The Morgan fingerprint density at radius 1 is 1.17 bits per heavy atom. The lowest BCUT2D eigenvalue weighted by molar-refractivity contribution is -0.232. The van der Waals surface area contributed by atoms with Crippen molar-refractivity contribution in [3.63, 3.8) is 0 Å². The highest BCUT2D eigenvalue weighted by atomic mass is 17.2. The third kappa shape index (κ3) is 5.32. The lowest BCUT2D eigenvalue weighted by Crippen LogP contribution is -2.05. The highest BCUT2D eigenvalue weighted by Crippen LogP contribution is 2.10. The molecule has 0 atom stereocenters. The van der Waals surface area contributed by atoms with Gasteiger partial charge in [0.05, 0.1) is 12.2 Å². The Balaban J connectivity index is 2.39. The second-order valence-electron chi connectivity index (χ2n) is 4.20. The largest absolute Gasteiger partial charge is 0.373 e. The maximum Gasteiger partial charge on any atom is 0.373 e. The molecule has 0 heterocycles. The molecule has 1 aromatic rings. The van der Waals surface area contributed by atoms with Gasteiger partial charge >= 0.3 is 5.97 Å². The minimum absolute atomic E-state index is 0.112. The molecule has 0 aliphatic heterocycles. The van der Waals surface area contributed by atoms with Gasteiger partial charge in [0.15, 0.2) is 0 Å². The Kier molecular flexibility index (Phi) is 7.11. The molecule has 3 heteroatoms. The quantitative estimate of drug-likeness (QED) is 0.400. The van der Waals surface area contributed by atoms with Gasteiger partial charge in [-0.3, -0.25) is 4.89 Å². The fraction of sp³-hybridized carbons (Fsp3) is 0.467. The first-order chi connectivity index (χ1) is 8.77. The Hall–Kier alpha value is -1.35. The molecule has 18 heavy (non-hydrogen) atoms. The van der Waals surface area contributed by atoms with Gasteiger partial charge in [0, 0.05) is 0 Å². The molecule has 1 aromatic carbocycles. The predicted molar refractivity (Wildman–Crippen MR) is 71.0 cm³/mol. The van der Waals surface area contributed by atoms with Gasteiger partial charge < -0.3 is 0 Å². The van der Waals surface area contributed by atoms with Crippen LogP contribution in [-0.4, -0.2) is 12.6 Å². The molecule has 99 valence electrons. The monoisotopic (exact) mass is 249 g/mol. The number of carbonyl (C=O) groups is 1. The zero-order valence-corrected chi connectivity index (χ0v) is 11.0. The molecule has 0 aliphatic carbocycles. The fourth-order valence-electron chi connectivity index (χ4n) is 1.71. The van der Waals surface area contributed by atoms with Gasteiger partial charge in [-0.25, -0.2) is 4.79 Å². The van der Waals surface area contributed by atoms with E-state index in [4.69, 9.17) is 0 Å². The highest BCUT2D eigenvalue weighted by Gasteiger charge is 2.07. The minimum atomic E-state index is -0.476. The van der Waals surface area contributed by atoms with E-state index in [2.05, 4.69) is 23.6 Å². The van der Waals surface area contributed by atoms with Gasteiger partial charge in [0.1, 0.15) is 0 Å². The van der Waals surface area contributed by atoms with Gasteiger partial charge in [-0.1, -0.05) is 38.3 Å². The van der Waals surface area contributed by atoms with Crippen molar-refractivity contribution in [1.29, 1.82) is 0 Å². The molecule has 0 fully saturated rings. The van der Waals surface area contributed by atoms with Crippen molar-refractivity contribution >= 4 is 5.97 Å². The minimum Gasteiger partial charge on any atom is -0.293 e. The van der Waals surface area contributed by atoms with Gasteiger partial charge in [0.2, 0.25) is 0 Å². The summed E-state index contributed by atoms with van der Waals surface area (Å²) in [5.74, 6) is -0.476. The third-order valence-corrected chi connectivity index (χ3v) is 2.73. The number of hydrogen-bond donors (Lipinski definition) is 0. The first kappa shape index (κ1) is 14.7. The number of aryl methyl sites for hydroxylation is 1. The Morgan fingerprint density at radius 3 is 2.50 bits per heavy atom. The molecule has 1 radical (unpaired) electrons. The number of unbranched alkanes of at least 4 members (excludes halogenated alkanes) is 3. The van der Waals surface area contributed by atoms with E-state index in [-0.39, 0.29) is 6.61 Å². The topological polar surface area (TPSA) is 35.5 Å². The van der Waals surface area contributed by atoms with E-state index >= 15 is 0 Å². The second-order valence-corrected chi connectivity index (χ2v) is 4.20. The van der Waals surface area contributed by atoms with Crippen LogP contribution in [0.4, 0.5) is 0 Å². The third-order valence-electron chi connectivity index (χ3n) is 2.73. The van der Waals surface area contributed by atoms with E-state index in [1.54, 1.807) is 12.1 Å². The van der Waals surface area contributed by atoms with Crippen LogP contribution >= 0.6 is 0 Å². The summed E-state index contributed by atoms with van der Waals surface area (Å²) in [6.45, 7) is 5.73. The molecule has 3 nitrogen and oxygen atoms in total. The molecule has 0 saturated carbocycles. The number of rotatable bonds is 8. The lowest BCUT2D eigenvalue weighted by atomic mass is 10.0. The van der Waals surface area contributed by atoms with Gasteiger partial charge in [0.25, 0.3) is 0 Å². The summed E-state index contributed by atoms with van der Waals surface area (Å²) in [4.78, 5) is 20.5. The molecule has 0 amide bonds. The Morgan fingerprint density at radius 2 is 1.89 bits per heavy atom. The second kappa shape index (κ2) is 8.70. The standard InChI is InChI=1S/C15H21O3/c1-3-5-6-7-8-13-9-11-14(12-10-13)15(16)18-17-4-2/h9-12H,2-8H2,1H3. The van der Waals surface area contributed by atoms with Crippen LogP contribution in [0.3, 0.4) is 0 Å². The molecule has 0 N–H and O–H groups in total. The molecule has 0 unspecified atom stereocenters. The highest BCUT2D eigenvalue weighted by molar-refractivity contribution is 5.88. The summed E-state index contributed by atoms with van der Waals surface area (Å²) < 4.78 is 0. The van der Waals surface area contributed by atoms with E-state index in [1.165, 1.54) is 31.2 Å². The van der Waals surface area contributed by atoms with Crippen molar-refractivity contribution in [2.45, 2.75) is 39.0 Å². The Labute approximate surface area is 109 Å². The maximum atomic E-state index is 11.4. The average molecular weight is 249 g/mol. The van der Waals surface area contributed by atoms with Crippen LogP contribution < -0.4 is 0 Å². The zero-order chi connectivity index (χ0) is 13.2. The van der Waals surface area contributed by atoms with Crippen LogP contribution in [0.2, 0.25) is 0 Å². The number of hydrogen-bond acceptors (Lipinski definition) is 3. The number of carbonyl (C=O) groups excluding carboxylic acids is 1. The van der Waals surface area contributed by atoms with Crippen LogP contribution in [0.5, 0.6) is 0 Å². The first-order valence-electron chi connectivity index (χ1n) is 6.50. The zero-order valence-electron chi connectivity index (χ0n) is 11.0. The Bertz CT molecular complexity index is 343. The van der Waals surface area contributed by atoms with E-state index < -0.39 is 5.97 Å². The van der Waals surface area contributed by atoms with Crippen LogP contribution in [0, 0.1) is 6.92 Å². The van der Waals surface area contributed by atoms with E-state index in [0.29, 0.717) is 5.56 Å². The summed E-state index contributed by atoms with van der Waals surface area (Å²) in [5.41, 5.74) is 1.75. The summed E-state index contributed by atoms with van der Waals surface area (Å²) in [5, 5.41) is 0. The van der Waals surface area contributed by atoms with Crippen molar-refractivity contribution in [1.82, 2.24) is 0 Å². The van der Waals surface area contributed by atoms with Crippen molar-refractivity contribution in [2.75, 3.05) is 6.61 Å². The summed E-state index contributed by atoms with van der Waals surface area (Å²) in [7, 11) is 0. The van der Waals surface area contributed by atoms with Crippen LogP contribution in [0.15, 0.2) is 24.3 Å². The molecule has 1 rings (SSSR count). The van der Waals surface area contributed by atoms with Crippen LogP contribution in [0.25, 0.3) is 0 Å². The first-order valence-corrected chi connectivity index (χ1v) is 6.50. The molecule has 0 aliphatic rings. The lowest BCUT2D eigenvalue weighted by Gasteiger charge is -2.04. The van der Waals surface area contributed by atoms with E-state index in [1.807, 2.05) is 12.1 Å². The summed E-state index contributed by atoms with van der Waals surface area (Å²) in [6.07, 6.45) is 6.05. The summed E-state index contributed by atoms with van der Waals surface area (Å²) >= 11 is 0. The normalized spacial score (nSPS) is 10.3. The smallest absolute Gasteiger partial charge is 0.293 e. The van der Waals surface area contributed by atoms with Gasteiger partial charge in [-0.15, -0.1) is 0 Å².